The largest absolute Gasteiger partial charge is 0.383 e. The van der Waals surface area contributed by atoms with Crippen molar-refractivity contribution < 1.29 is 4.79 Å². The van der Waals surface area contributed by atoms with E-state index < -0.39 is 0 Å². The van der Waals surface area contributed by atoms with E-state index in [1.807, 2.05) is 25.2 Å². The first-order valence-corrected chi connectivity index (χ1v) is 3.99. The lowest BCUT2D eigenvalue weighted by Gasteiger charge is -2.01. The van der Waals surface area contributed by atoms with Crippen molar-refractivity contribution in [1.82, 2.24) is 4.90 Å². The van der Waals surface area contributed by atoms with Gasteiger partial charge in [-0.25, -0.2) is 0 Å². The zero-order chi connectivity index (χ0) is 8.43. The molecule has 2 heteroatoms. The van der Waals surface area contributed by atoms with Crippen LogP contribution in [0.3, 0.4) is 0 Å². The molecule has 2 atom stereocenters. The molecule has 0 radical (unpaired) electrons. The molecular formula is C9H15NO. The van der Waals surface area contributed by atoms with Gasteiger partial charge in [0.25, 0.3) is 0 Å². The molecule has 0 amide bonds. The van der Waals surface area contributed by atoms with Crippen LogP contribution < -0.4 is 0 Å². The van der Waals surface area contributed by atoms with E-state index in [2.05, 4.69) is 6.92 Å². The van der Waals surface area contributed by atoms with Gasteiger partial charge in [-0.1, -0.05) is 6.92 Å². The van der Waals surface area contributed by atoms with Crippen LogP contribution in [0.2, 0.25) is 0 Å². The monoisotopic (exact) mass is 153 g/mol. The molecule has 1 aliphatic rings. The number of hydrogen-bond acceptors (Lipinski definition) is 2. The number of carbonyl (C=O) groups excluding carboxylic acids is 1. The molecule has 0 aliphatic heterocycles. The Hall–Kier alpha value is -0.790. The highest BCUT2D eigenvalue weighted by Crippen LogP contribution is 2.38. The molecule has 0 N–H and O–H groups in total. The summed E-state index contributed by atoms with van der Waals surface area (Å²) in [5.74, 6) is 1.23. The Morgan fingerprint density at radius 2 is 2.09 bits per heavy atom. The van der Waals surface area contributed by atoms with Crippen LogP contribution in [-0.4, -0.2) is 24.8 Å². The predicted molar refractivity (Wildman–Crippen MR) is 45.1 cm³/mol. The summed E-state index contributed by atoms with van der Waals surface area (Å²) in [5, 5.41) is 0. The van der Waals surface area contributed by atoms with Crippen molar-refractivity contribution in [3.63, 3.8) is 0 Å². The van der Waals surface area contributed by atoms with E-state index >= 15 is 0 Å². The molecule has 0 heterocycles. The molecule has 2 unspecified atom stereocenters. The van der Waals surface area contributed by atoms with Gasteiger partial charge >= 0.3 is 0 Å². The van der Waals surface area contributed by atoms with Crippen molar-refractivity contribution in [1.29, 1.82) is 0 Å². The number of allylic oxidation sites excluding steroid dienone is 1. The summed E-state index contributed by atoms with van der Waals surface area (Å²) in [6.45, 7) is 2.12. The molecule has 0 aromatic heterocycles. The highest BCUT2D eigenvalue weighted by molar-refractivity contribution is 5.93. The molecule has 0 saturated heterocycles. The third kappa shape index (κ3) is 2.37. The van der Waals surface area contributed by atoms with Crippen LogP contribution in [0.4, 0.5) is 0 Å². The minimum absolute atomic E-state index is 0.284. The van der Waals surface area contributed by atoms with E-state index in [0.717, 1.165) is 6.42 Å². The maximum Gasteiger partial charge on any atom is 0.160 e. The van der Waals surface area contributed by atoms with Crippen molar-refractivity contribution in [2.75, 3.05) is 14.1 Å². The third-order valence-corrected chi connectivity index (χ3v) is 2.01. The Balaban J connectivity index is 2.32. The van der Waals surface area contributed by atoms with Gasteiger partial charge in [-0.3, -0.25) is 4.79 Å². The molecule has 0 aromatic carbocycles. The van der Waals surface area contributed by atoms with Gasteiger partial charge in [0.05, 0.1) is 0 Å². The molecule has 1 rings (SSSR count). The second-order valence-corrected chi connectivity index (χ2v) is 3.50. The fourth-order valence-corrected chi connectivity index (χ4v) is 1.06. The zero-order valence-corrected chi connectivity index (χ0v) is 7.37. The van der Waals surface area contributed by atoms with Crippen LogP contribution in [0.15, 0.2) is 12.3 Å². The number of nitrogens with zero attached hydrogens (tertiary/aromatic N) is 1. The molecule has 1 aliphatic carbocycles. The lowest BCUT2D eigenvalue weighted by atomic mass is 10.2. The molecule has 1 fully saturated rings. The smallest absolute Gasteiger partial charge is 0.160 e. The van der Waals surface area contributed by atoms with Crippen LogP contribution in [0, 0.1) is 11.8 Å². The van der Waals surface area contributed by atoms with E-state index in [-0.39, 0.29) is 5.78 Å². The number of carbonyl (C=O) groups is 1. The van der Waals surface area contributed by atoms with E-state index in [1.54, 1.807) is 6.08 Å². The standard InChI is InChI=1S/C9H15NO/c1-7-6-8(7)9(11)4-5-10(2)3/h4-5,7-8H,6H2,1-3H3/b5-4+. The fraction of sp³-hybridized carbons (Fsp3) is 0.667. The van der Waals surface area contributed by atoms with Crippen LogP contribution in [0.1, 0.15) is 13.3 Å². The van der Waals surface area contributed by atoms with Crippen molar-refractivity contribution in [2.24, 2.45) is 11.8 Å². The second-order valence-electron chi connectivity index (χ2n) is 3.50. The SMILES string of the molecule is CC1CC1C(=O)/C=C/N(C)C. The summed E-state index contributed by atoms with van der Waals surface area (Å²) in [6.07, 6.45) is 4.57. The molecule has 1 saturated carbocycles. The normalized spacial score (nSPS) is 29.0. The third-order valence-electron chi connectivity index (χ3n) is 2.01. The Bertz CT molecular complexity index is 184. The topological polar surface area (TPSA) is 20.3 Å². The average Bonchev–Trinajstić information content (AvgIpc) is 2.61. The Morgan fingerprint density at radius 1 is 1.55 bits per heavy atom. The zero-order valence-electron chi connectivity index (χ0n) is 7.37. The minimum atomic E-state index is 0.284. The van der Waals surface area contributed by atoms with Gasteiger partial charge < -0.3 is 4.90 Å². The quantitative estimate of drug-likeness (QED) is 0.569. The lowest BCUT2D eigenvalue weighted by molar-refractivity contribution is -0.116. The summed E-state index contributed by atoms with van der Waals surface area (Å²) < 4.78 is 0. The first kappa shape index (κ1) is 8.31. The maximum absolute atomic E-state index is 11.2. The molecule has 0 aromatic rings. The van der Waals surface area contributed by atoms with Crippen molar-refractivity contribution in [2.45, 2.75) is 13.3 Å². The molecule has 62 valence electrons. The second kappa shape index (κ2) is 3.07. The van der Waals surface area contributed by atoms with Gasteiger partial charge in [0.1, 0.15) is 0 Å². The van der Waals surface area contributed by atoms with Crippen molar-refractivity contribution in [3.05, 3.63) is 12.3 Å². The van der Waals surface area contributed by atoms with Crippen LogP contribution >= 0.6 is 0 Å². The highest BCUT2D eigenvalue weighted by atomic mass is 16.1. The summed E-state index contributed by atoms with van der Waals surface area (Å²) in [5.41, 5.74) is 0. The first-order chi connectivity index (χ1) is 5.11. The van der Waals surface area contributed by atoms with E-state index in [9.17, 15) is 4.79 Å². The van der Waals surface area contributed by atoms with Gasteiger partial charge in [0.2, 0.25) is 0 Å². The average molecular weight is 153 g/mol. The Morgan fingerprint density at radius 3 is 2.45 bits per heavy atom. The summed E-state index contributed by atoms with van der Waals surface area (Å²) >= 11 is 0. The van der Waals surface area contributed by atoms with E-state index in [4.69, 9.17) is 0 Å². The number of rotatable bonds is 3. The van der Waals surface area contributed by atoms with E-state index in [1.165, 1.54) is 0 Å². The van der Waals surface area contributed by atoms with Gasteiger partial charge in [-0.15, -0.1) is 0 Å². The minimum Gasteiger partial charge on any atom is -0.383 e. The van der Waals surface area contributed by atoms with Gasteiger partial charge in [-0.2, -0.15) is 0 Å². The number of hydrogen-bond donors (Lipinski definition) is 0. The lowest BCUT2D eigenvalue weighted by Crippen LogP contribution is -2.04. The summed E-state index contributed by atoms with van der Waals surface area (Å²) in [6, 6.07) is 0. The fourth-order valence-electron chi connectivity index (χ4n) is 1.06. The molecular weight excluding hydrogens is 138 g/mol. The maximum atomic E-state index is 11.2. The van der Waals surface area contributed by atoms with Crippen LogP contribution in [-0.2, 0) is 4.79 Å². The van der Waals surface area contributed by atoms with Crippen molar-refractivity contribution >= 4 is 5.78 Å². The predicted octanol–water partition coefficient (Wildman–Crippen LogP) is 1.29. The van der Waals surface area contributed by atoms with Crippen LogP contribution in [0.25, 0.3) is 0 Å². The molecule has 0 bridgehead atoms. The molecule has 11 heavy (non-hydrogen) atoms. The van der Waals surface area contributed by atoms with Gasteiger partial charge in [0, 0.05) is 26.2 Å². The Labute approximate surface area is 67.9 Å². The van der Waals surface area contributed by atoms with E-state index in [0.29, 0.717) is 11.8 Å². The summed E-state index contributed by atoms with van der Waals surface area (Å²) in [4.78, 5) is 13.1. The van der Waals surface area contributed by atoms with Gasteiger partial charge in [-0.05, 0) is 18.4 Å². The highest BCUT2D eigenvalue weighted by Gasteiger charge is 2.37. The number of ketones is 1. The summed E-state index contributed by atoms with van der Waals surface area (Å²) in [7, 11) is 3.83. The first-order valence-electron chi connectivity index (χ1n) is 3.99. The van der Waals surface area contributed by atoms with Gasteiger partial charge in [0.15, 0.2) is 5.78 Å². The van der Waals surface area contributed by atoms with Crippen molar-refractivity contribution in [3.8, 4) is 0 Å². The molecule has 2 nitrogen and oxygen atoms in total. The van der Waals surface area contributed by atoms with Crippen LogP contribution in [0.5, 0.6) is 0 Å². The Kier molecular flexibility index (Phi) is 2.32. The molecule has 0 spiro atoms.